The summed E-state index contributed by atoms with van der Waals surface area (Å²) in [6.07, 6.45) is 1.76. The Balaban J connectivity index is 1.98. The maximum atomic E-state index is 12.2. The van der Waals surface area contributed by atoms with E-state index in [2.05, 4.69) is 12.2 Å². The maximum Gasteiger partial charge on any atom is 0.261 e. The summed E-state index contributed by atoms with van der Waals surface area (Å²) in [4.78, 5) is 13.0. The van der Waals surface area contributed by atoms with Crippen LogP contribution in [0.25, 0.3) is 0 Å². The summed E-state index contributed by atoms with van der Waals surface area (Å²) in [7, 11) is 0. The molecule has 3 N–H and O–H groups in total. The third-order valence-corrected chi connectivity index (χ3v) is 4.33. The molecule has 100 valence electrons. The van der Waals surface area contributed by atoms with E-state index in [0.29, 0.717) is 6.61 Å². The summed E-state index contributed by atoms with van der Waals surface area (Å²) in [5, 5.41) is 4.95. The van der Waals surface area contributed by atoms with Crippen molar-refractivity contribution in [2.75, 3.05) is 6.61 Å². The van der Waals surface area contributed by atoms with Crippen molar-refractivity contribution in [3.05, 3.63) is 21.9 Å². The molecule has 0 spiro atoms. The second-order valence-corrected chi connectivity index (χ2v) is 5.44. The van der Waals surface area contributed by atoms with Crippen LogP contribution in [-0.2, 0) is 11.2 Å². The summed E-state index contributed by atoms with van der Waals surface area (Å²) in [6.45, 7) is 4.66. The topological polar surface area (TPSA) is 64.3 Å². The molecule has 1 fully saturated rings. The second kappa shape index (κ2) is 5.82. The molecule has 1 aromatic rings. The Morgan fingerprint density at radius 2 is 2.39 bits per heavy atom. The van der Waals surface area contributed by atoms with Crippen LogP contribution >= 0.6 is 11.3 Å². The van der Waals surface area contributed by atoms with Gasteiger partial charge in [0.05, 0.1) is 17.0 Å². The van der Waals surface area contributed by atoms with E-state index in [1.54, 1.807) is 0 Å². The molecule has 1 heterocycles. The van der Waals surface area contributed by atoms with Gasteiger partial charge < -0.3 is 15.8 Å². The van der Waals surface area contributed by atoms with Crippen molar-refractivity contribution in [3.8, 4) is 0 Å². The van der Waals surface area contributed by atoms with Gasteiger partial charge in [0.25, 0.3) is 5.91 Å². The summed E-state index contributed by atoms with van der Waals surface area (Å²) in [6, 6.07) is 1.96. The van der Waals surface area contributed by atoms with Crippen molar-refractivity contribution in [1.82, 2.24) is 5.32 Å². The number of carbonyl (C=O) groups excluding carboxylic acids is 1. The van der Waals surface area contributed by atoms with E-state index < -0.39 is 0 Å². The van der Waals surface area contributed by atoms with E-state index in [4.69, 9.17) is 10.5 Å². The Morgan fingerprint density at radius 3 is 3.00 bits per heavy atom. The molecular formula is C13H20N2O2S. The summed E-state index contributed by atoms with van der Waals surface area (Å²) in [5.41, 5.74) is 7.02. The molecule has 1 saturated carbocycles. The molecule has 18 heavy (non-hydrogen) atoms. The fraction of sp³-hybridized carbons (Fsp3) is 0.615. The molecule has 1 aliphatic carbocycles. The van der Waals surface area contributed by atoms with Crippen molar-refractivity contribution in [2.45, 2.75) is 44.9 Å². The van der Waals surface area contributed by atoms with Crippen LogP contribution in [0.4, 0.5) is 0 Å². The number of ether oxygens (including phenoxy) is 1. The molecule has 0 saturated heterocycles. The highest BCUT2D eigenvalue weighted by Crippen LogP contribution is 2.24. The van der Waals surface area contributed by atoms with Gasteiger partial charge in [-0.3, -0.25) is 4.79 Å². The van der Waals surface area contributed by atoms with Crippen molar-refractivity contribution in [3.63, 3.8) is 0 Å². The average Bonchev–Trinajstić information content (AvgIpc) is 2.83. The SMILES string of the molecule is CCOC1CC(N)C1NC(=O)c1sccc1CC. The lowest BCUT2D eigenvalue weighted by Gasteiger charge is -2.42. The van der Waals surface area contributed by atoms with E-state index in [1.165, 1.54) is 11.3 Å². The molecule has 0 aromatic carbocycles. The molecule has 1 aromatic heterocycles. The van der Waals surface area contributed by atoms with Crippen LogP contribution in [0.2, 0.25) is 0 Å². The first-order valence-electron chi connectivity index (χ1n) is 6.41. The zero-order valence-electron chi connectivity index (χ0n) is 10.8. The van der Waals surface area contributed by atoms with Gasteiger partial charge in [0, 0.05) is 12.6 Å². The van der Waals surface area contributed by atoms with E-state index in [1.807, 2.05) is 18.4 Å². The first-order chi connectivity index (χ1) is 8.67. The second-order valence-electron chi connectivity index (χ2n) is 4.52. The highest BCUT2D eigenvalue weighted by atomic mass is 32.1. The molecule has 1 aliphatic rings. The molecule has 0 radical (unpaired) electrons. The van der Waals surface area contributed by atoms with Gasteiger partial charge in [0.2, 0.25) is 0 Å². The van der Waals surface area contributed by atoms with Gasteiger partial charge in [-0.2, -0.15) is 0 Å². The van der Waals surface area contributed by atoms with Crippen molar-refractivity contribution in [2.24, 2.45) is 5.73 Å². The number of nitrogens with one attached hydrogen (secondary N) is 1. The van der Waals surface area contributed by atoms with Gasteiger partial charge in [0.1, 0.15) is 0 Å². The van der Waals surface area contributed by atoms with Crippen LogP contribution in [0.1, 0.15) is 35.5 Å². The van der Waals surface area contributed by atoms with E-state index in [9.17, 15) is 4.79 Å². The van der Waals surface area contributed by atoms with Gasteiger partial charge in [-0.15, -0.1) is 11.3 Å². The predicted molar refractivity (Wildman–Crippen MR) is 73.0 cm³/mol. The summed E-state index contributed by atoms with van der Waals surface area (Å²) < 4.78 is 5.54. The van der Waals surface area contributed by atoms with E-state index in [0.717, 1.165) is 23.3 Å². The summed E-state index contributed by atoms with van der Waals surface area (Å²) in [5.74, 6) is -0.0216. The highest BCUT2D eigenvalue weighted by molar-refractivity contribution is 7.12. The minimum Gasteiger partial charge on any atom is -0.376 e. The number of nitrogens with two attached hydrogens (primary N) is 1. The lowest BCUT2D eigenvalue weighted by Crippen LogP contribution is -2.64. The molecule has 3 unspecified atom stereocenters. The Bertz CT molecular complexity index is 417. The van der Waals surface area contributed by atoms with Crippen LogP contribution < -0.4 is 11.1 Å². The fourth-order valence-corrected chi connectivity index (χ4v) is 3.16. The first-order valence-corrected chi connectivity index (χ1v) is 7.29. The molecule has 0 aliphatic heterocycles. The molecule has 0 bridgehead atoms. The van der Waals surface area contributed by atoms with Gasteiger partial charge in [-0.1, -0.05) is 6.92 Å². The zero-order chi connectivity index (χ0) is 13.1. The number of amides is 1. The van der Waals surface area contributed by atoms with E-state index in [-0.39, 0.29) is 24.1 Å². The highest BCUT2D eigenvalue weighted by Gasteiger charge is 2.40. The van der Waals surface area contributed by atoms with Crippen LogP contribution in [0.15, 0.2) is 11.4 Å². The van der Waals surface area contributed by atoms with Crippen LogP contribution in [0.3, 0.4) is 0 Å². The number of hydrogen-bond donors (Lipinski definition) is 2. The number of rotatable bonds is 5. The smallest absolute Gasteiger partial charge is 0.261 e. The number of hydrogen-bond acceptors (Lipinski definition) is 4. The Hall–Kier alpha value is -0.910. The Labute approximate surface area is 112 Å². The van der Waals surface area contributed by atoms with Crippen molar-refractivity contribution in [1.29, 1.82) is 0 Å². The minimum atomic E-state index is -0.0516. The monoisotopic (exact) mass is 268 g/mol. The van der Waals surface area contributed by atoms with Gasteiger partial charge >= 0.3 is 0 Å². The number of aryl methyl sites for hydroxylation is 1. The fourth-order valence-electron chi connectivity index (χ4n) is 2.26. The maximum absolute atomic E-state index is 12.2. The third-order valence-electron chi connectivity index (χ3n) is 3.38. The number of thiophene rings is 1. The van der Waals surface area contributed by atoms with Gasteiger partial charge in [-0.25, -0.2) is 0 Å². The molecule has 3 atom stereocenters. The van der Waals surface area contributed by atoms with Gasteiger partial charge in [-0.05, 0) is 36.8 Å². The van der Waals surface area contributed by atoms with Crippen molar-refractivity contribution >= 4 is 17.2 Å². The largest absolute Gasteiger partial charge is 0.376 e. The van der Waals surface area contributed by atoms with Crippen LogP contribution in [0, 0.1) is 0 Å². The first kappa shape index (κ1) is 13.5. The Morgan fingerprint density at radius 1 is 1.61 bits per heavy atom. The predicted octanol–water partition coefficient (Wildman–Crippen LogP) is 1.54. The molecule has 5 heteroatoms. The third kappa shape index (κ3) is 2.58. The normalized spacial score (nSPS) is 26.7. The standard InChI is InChI=1S/C13H20N2O2S/c1-3-8-5-6-18-12(8)13(16)15-11-9(14)7-10(11)17-4-2/h5-6,9-11H,3-4,7,14H2,1-2H3,(H,15,16). The minimum absolute atomic E-state index is 0.00976. The van der Waals surface area contributed by atoms with Crippen molar-refractivity contribution < 1.29 is 9.53 Å². The lowest BCUT2D eigenvalue weighted by atomic mass is 9.83. The van der Waals surface area contributed by atoms with Gasteiger partial charge in [0.15, 0.2) is 0 Å². The quantitative estimate of drug-likeness (QED) is 0.851. The number of carbonyl (C=O) groups is 1. The Kier molecular flexibility index (Phi) is 4.37. The van der Waals surface area contributed by atoms with E-state index >= 15 is 0 Å². The summed E-state index contributed by atoms with van der Waals surface area (Å²) >= 11 is 1.48. The molecule has 2 rings (SSSR count). The zero-order valence-corrected chi connectivity index (χ0v) is 11.6. The molecule has 4 nitrogen and oxygen atoms in total. The lowest BCUT2D eigenvalue weighted by molar-refractivity contribution is -0.0299. The molecular weight excluding hydrogens is 248 g/mol. The van der Waals surface area contributed by atoms with Crippen LogP contribution in [-0.4, -0.2) is 30.7 Å². The molecule has 1 amide bonds. The van der Waals surface area contributed by atoms with Crippen LogP contribution in [0.5, 0.6) is 0 Å². The average molecular weight is 268 g/mol.